The molecule has 0 spiro atoms. The number of nitrogens with zero attached hydrogens (tertiary/aromatic N) is 4. The van der Waals surface area contributed by atoms with E-state index in [2.05, 4.69) is 21.3 Å². The molecule has 0 amide bonds. The van der Waals surface area contributed by atoms with E-state index < -0.39 is 0 Å². The van der Waals surface area contributed by atoms with Gasteiger partial charge >= 0.3 is 0 Å². The number of nitrogens with one attached hydrogen (secondary N) is 1. The molecule has 1 aliphatic carbocycles. The van der Waals surface area contributed by atoms with Crippen molar-refractivity contribution in [3.05, 3.63) is 53.7 Å². The molecule has 3 heterocycles. The topological polar surface area (TPSA) is 75.9 Å². The molecule has 0 radical (unpaired) electrons. The van der Waals surface area contributed by atoms with Gasteiger partial charge in [-0.1, -0.05) is 37.5 Å². The number of hydrogen-bond acceptors (Lipinski definition) is 6. The van der Waals surface area contributed by atoms with Crippen LogP contribution in [0.15, 0.2) is 48.1 Å². The predicted molar refractivity (Wildman–Crippen MR) is 121 cm³/mol. The summed E-state index contributed by atoms with van der Waals surface area (Å²) in [7, 11) is 0. The Hall–Kier alpha value is -2.93. The summed E-state index contributed by atoms with van der Waals surface area (Å²) < 4.78 is 2.26. The van der Waals surface area contributed by atoms with Gasteiger partial charge in [-0.25, -0.2) is 15.0 Å². The third-order valence-corrected chi connectivity index (χ3v) is 6.64. The lowest BCUT2D eigenvalue weighted by atomic mass is 9.95. The van der Waals surface area contributed by atoms with Crippen LogP contribution >= 0.6 is 11.3 Å². The summed E-state index contributed by atoms with van der Waals surface area (Å²) in [5.74, 6) is 1.83. The third kappa shape index (κ3) is 3.89. The Morgan fingerprint density at radius 1 is 1.07 bits per heavy atom. The fourth-order valence-corrected chi connectivity index (χ4v) is 4.83. The zero-order valence-electron chi connectivity index (χ0n) is 16.8. The van der Waals surface area contributed by atoms with Crippen LogP contribution in [0.2, 0.25) is 0 Å². The molecule has 1 aromatic carbocycles. The minimum atomic E-state index is 0.290. The first kappa shape index (κ1) is 19.1. The van der Waals surface area contributed by atoms with E-state index in [-0.39, 0.29) is 5.75 Å². The van der Waals surface area contributed by atoms with Crippen LogP contribution in [0.5, 0.6) is 5.75 Å². The summed E-state index contributed by atoms with van der Waals surface area (Å²) in [5.41, 5.74) is 2.93. The number of aromatic hydroxyl groups is 1. The van der Waals surface area contributed by atoms with E-state index in [0.29, 0.717) is 6.04 Å². The molecule has 4 aromatic rings. The van der Waals surface area contributed by atoms with Gasteiger partial charge in [0.15, 0.2) is 17.3 Å². The predicted octanol–water partition coefficient (Wildman–Crippen LogP) is 5.42. The van der Waals surface area contributed by atoms with Gasteiger partial charge in [-0.15, -0.1) is 11.3 Å². The number of imidazole rings is 1. The summed E-state index contributed by atoms with van der Waals surface area (Å²) >= 11 is 1.65. The fourth-order valence-electron chi connectivity index (χ4n) is 4.17. The van der Waals surface area contributed by atoms with Crippen molar-refractivity contribution in [2.45, 2.75) is 44.6 Å². The molecule has 0 unspecified atom stereocenters. The molecule has 2 N–H and O–H groups in total. The van der Waals surface area contributed by atoms with Gasteiger partial charge in [0.05, 0.1) is 11.2 Å². The standard InChI is InChI=1S/C23H25N5OS/c29-18-10-8-16(9-11-18)12-13-24-22-20-23(27-21(26-22)19-7-4-14-30-19)28(15-25-20)17-5-2-1-3-6-17/h4,7-11,14-15,17,29H,1-3,5-6,12-13H2,(H,24,26,27). The first-order valence-electron chi connectivity index (χ1n) is 10.6. The van der Waals surface area contributed by atoms with E-state index in [1.807, 2.05) is 24.5 Å². The Morgan fingerprint density at radius 3 is 2.67 bits per heavy atom. The van der Waals surface area contributed by atoms with Crippen LogP contribution < -0.4 is 5.32 Å². The first-order chi connectivity index (χ1) is 14.8. The molecule has 154 valence electrons. The number of hydrogen-bond donors (Lipinski definition) is 2. The molecule has 0 aliphatic heterocycles. The van der Waals surface area contributed by atoms with Crippen molar-refractivity contribution in [3.8, 4) is 16.5 Å². The Labute approximate surface area is 179 Å². The second-order valence-corrected chi connectivity index (χ2v) is 8.78. The van der Waals surface area contributed by atoms with Crippen molar-refractivity contribution >= 4 is 28.3 Å². The molecule has 0 bridgehead atoms. The van der Waals surface area contributed by atoms with Crippen LogP contribution in [-0.2, 0) is 6.42 Å². The summed E-state index contributed by atoms with van der Waals surface area (Å²) in [6.45, 7) is 0.733. The van der Waals surface area contributed by atoms with Crippen LogP contribution in [0.4, 0.5) is 5.82 Å². The second kappa shape index (κ2) is 8.44. The Bertz CT molecular complexity index is 1110. The highest BCUT2D eigenvalue weighted by atomic mass is 32.1. The number of benzene rings is 1. The number of anilines is 1. The summed E-state index contributed by atoms with van der Waals surface area (Å²) in [6.07, 6.45) is 9.02. The van der Waals surface area contributed by atoms with Gasteiger partial charge in [-0.05, 0) is 48.4 Å². The SMILES string of the molecule is Oc1ccc(CCNc2nc(-c3cccs3)nc3c2ncn3C2CCCCC2)cc1. The van der Waals surface area contributed by atoms with Crippen molar-refractivity contribution in [1.82, 2.24) is 19.5 Å². The Balaban J connectivity index is 1.46. The van der Waals surface area contributed by atoms with Gasteiger partial charge in [0.25, 0.3) is 0 Å². The van der Waals surface area contributed by atoms with E-state index in [9.17, 15) is 5.11 Å². The zero-order valence-corrected chi connectivity index (χ0v) is 17.6. The lowest BCUT2D eigenvalue weighted by Crippen LogP contribution is -2.13. The molecule has 6 nitrogen and oxygen atoms in total. The van der Waals surface area contributed by atoms with E-state index in [1.165, 1.54) is 32.1 Å². The second-order valence-electron chi connectivity index (χ2n) is 7.83. The maximum atomic E-state index is 9.47. The zero-order chi connectivity index (χ0) is 20.3. The molecule has 0 saturated heterocycles. The number of fused-ring (bicyclic) bond motifs is 1. The van der Waals surface area contributed by atoms with Gasteiger partial charge in [0, 0.05) is 12.6 Å². The van der Waals surface area contributed by atoms with Gasteiger partial charge in [0.2, 0.25) is 0 Å². The molecular formula is C23H25N5OS. The molecule has 1 fully saturated rings. The van der Waals surface area contributed by atoms with Gasteiger partial charge in [-0.2, -0.15) is 0 Å². The molecule has 0 atom stereocenters. The largest absolute Gasteiger partial charge is 0.508 e. The molecule has 30 heavy (non-hydrogen) atoms. The maximum Gasteiger partial charge on any atom is 0.173 e. The normalized spacial score (nSPS) is 14.9. The average molecular weight is 420 g/mol. The first-order valence-corrected chi connectivity index (χ1v) is 11.5. The monoisotopic (exact) mass is 419 g/mol. The van der Waals surface area contributed by atoms with Crippen LogP contribution in [0.1, 0.15) is 43.7 Å². The molecule has 3 aromatic heterocycles. The van der Waals surface area contributed by atoms with Crippen molar-refractivity contribution in [2.75, 3.05) is 11.9 Å². The highest BCUT2D eigenvalue weighted by Gasteiger charge is 2.21. The maximum absolute atomic E-state index is 9.47. The summed E-state index contributed by atoms with van der Waals surface area (Å²) in [4.78, 5) is 15.5. The van der Waals surface area contributed by atoms with Crippen molar-refractivity contribution < 1.29 is 5.11 Å². The Kier molecular flexibility index (Phi) is 5.36. The van der Waals surface area contributed by atoms with E-state index in [0.717, 1.165) is 46.2 Å². The highest BCUT2D eigenvalue weighted by molar-refractivity contribution is 7.13. The van der Waals surface area contributed by atoms with Crippen LogP contribution in [0, 0.1) is 0 Å². The van der Waals surface area contributed by atoms with E-state index in [4.69, 9.17) is 15.0 Å². The number of thiophene rings is 1. The minimum Gasteiger partial charge on any atom is -0.508 e. The molecule has 7 heteroatoms. The van der Waals surface area contributed by atoms with Crippen molar-refractivity contribution in [3.63, 3.8) is 0 Å². The number of phenolic OH excluding ortho intramolecular Hbond substituents is 1. The lowest BCUT2D eigenvalue weighted by molar-refractivity contribution is 0.358. The van der Waals surface area contributed by atoms with E-state index >= 15 is 0 Å². The minimum absolute atomic E-state index is 0.290. The molecular weight excluding hydrogens is 394 g/mol. The number of phenols is 1. The highest BCUT2D eigenvalue weighted by Crippen LogP contribution is 2.33. The van der Waals surface area contributed by atoms with Crippen LogP contribution in [0.3, 0.4) is 0 Å². The van der Waals surface area contributed by atoms with Crippen LogP contribution in [0.25, 0.3) is 21.9 Å². The molecule has 1 aliphatic rings. The lowest BCUT2D eigenvalue weighted by Gasteiger charge is -2.23. The van der Waals surface area contributed by atoms with Crippen molar-refractivity contribution in [1.29, 1.82) is 0 Å². The van der Waals surface area contributed by atoms with E-state index in [1.54, 1.807) is 23.5 Å². The average Bonchev–Trinajstić information content (AvgIpc) is 3.46. The fraction of sp³-hybridized carbons (Fsp3) is 0.348. The van der Waals surface area contributed by atoms with Gasteiger partial charge < -0.3 is 15.0 Å². The smallest absolute Gasteiger partial charge is 0.173 e. The summed E-state index contributed by atoms with van der Waals surface area (Å²) in [6, 6.07) is 11.9. The molecule has 1 saturated carbocycles. The van der Waals surface area contributed by atoms with Gasteiger partial charge in [-0.3, -0.25) is 0 Å². The molecule has 5 rings (SSSR count). The van der Waals surface area contributed by atoms with Gasteiger partial charge in [0.1, 0.15) is 11.3 Å². The summed E-state index contributed by atoms with van der Waals surface area (Å²) in [5, 5.41) is 15.0. The number of rotatable bonds is 6. The quantitative estimate of drug-likeness (QED) is 0.436. The van der Waals surface area contributed by atoms with Crippen molar-refractivity contribution in [2.24, 2.45) is 0 Å². The Morgan fingerprint density at radius 2 is 1.90 bits per heavy atom. The number of aromatic nitrogens is 4. The van der Waals surface area contributed by atoms with Crippen LogP contribution in [-0.4, -0.2) is 31.2 Å². The third-order valence-electron chi connectivity index (χ3n) is 5.77.